The fraction of sp³-hybridized carbons (Fsp3) is 0.889. The molecule has 0 aromatic rings. The van der Waals surface area contributed by atoms with Gasteiger partial charge < -0.3 is 9.84 Å². The maximum atomic E-state index is 10.7. The molecule has 0 radical (unpaired) electrons. The molecule has 0 rings (SSSR count). The molecule has 0 aliphatic rings. The van der Waals surface area contributed by atoms with Gasteiger partial charge in [-0.1, -0.05) is 6.42 Å². The molecule has 0 aliphatic carbocycles. The largest absolute Gasteiger partial charge is 0.469 e. The Morgan fingerprint density at radius 2 is 2.15 bits per heavy atom. The maximum Gasteiger partial charge on any atom is 0.305 e. The summed E-state index contributed by atoms with van der Waals surface area (Å²) in [5, 5.41) is 9.27. The van der Waals surface area contributed by atoms with Gasteiger partial charge in [0.25, 0.3) is 0 Å². The Morgan fingerprint density at radius 1 is 1.46 bits per heavy atom. The average molecular weight is 209 g/mol. The van der Waals surface area contributed by atoms with Crippen molar-refractivity contribution in [3.05, 3.63) is 0 Å². The molecular formula is C9H17ClO3. The molecule has 0 saturated heterocycles. The summed E-state index contributed by atoms with van der Waals surface area (Å²) in [5.41, 5.74) is 0. The molecule has 0 aromatic carbocycles. The normalized spacial score (nSPS) is 12.5. The summed E-state index contributed by atoms with van der Waals surface area (Å²) < 4.78 is 4.48. The third kappa shape index (κ3) is 8.06. The Morgan fingerprint density at radius 3 is 2.69 bits per heavy atom. The van der Waals surface area contributed by atoms with Gasteiger partial charge >= 0.3 is 5.97 Å². The van der Waals surface area contributed by atoms with Crippen LogP contribution < -0.4 is 0 Å². The Hall–Kier alpha value is -0.280. The summed E-state index contributed by atoms with van der Waals surface area (Å²) in [6.07, 6.45) is 3.06. The lowest BCUT2D eigenvalue weighted by molar-refractivity contribution is -0.140. The summed E-state index contributed by atoms with van der Waals surface area (Å²) >= 11 is 5.45. The number of carbonyl (C=O) groups is 1. The van der Waals surface area contributed by atoms with E-state index in [0.29, 0.717) is 25.1 Å². The van der Waals surface area contributed by atoms with E-state index in [4.69, 9.17) is 11.6 Å². The number of esters is 1. The first-order valence-corrected chi connectivity index (χ1v) is 5.05. The molecule has 0 fully saturated rings. The van der Waals surface area contributed by atoms with Crippen LogP contribution in [0.2, 0.25) is 0 Å². The smallest absolute Gasteiger partial charge is 0.305 e. The molecule has 78 valence electrons. The van der Waals surface area contributed by atoms with Crippen LogP contribution in [-0.2, 0) is 9.53 Å². The predicted octanol–water partition coefficient (Wildman–Crippen LogP) is 1.71. The van der Waals surface area contributed by atoms with E-state index in [-0.39, 0.29) is 12.1 Å². The molecule has 0 spiro atoms. The highest BCUT2D eigenvalue weighted by Crippen LogP contribution is 2.07. The minimum absolute atomic E-state index is 0.188. The lowest BCUT2D eigenvalue weighted by atomic mass is 10.1. The number of halogens is 1. The fourth-order valence-electron chi connectivity index (χ4n) is 1.02. The van der Waals surface area contributed by atoms with Crippen molar-refractivity contribution in [2.75, 3.05) is 13.0 Å². The molecule has 0 heterocycles. The maximum absolute atomic E-state index is 10.7. The molecule has 4 heteroatoms. The van der Waals surface area contributed by atoms with Crippen LogP contribution in [-0.4, -0.2) is 30.2 Å². The number of hydrogen-bond donors (Lipinski definition) is 1. The van der Waals surface area contributed by atoms with Crippen LogP contribution in [0.1, 0.15) is 32.1 Å². The zero-order valence-corrected chi connectivity index (χ0v) is 8.72. The van der Waals surface area contributed by atoms with Gasteiger partial charge in [0, 0.05) is 12.3 Å². The van der Waals surface area contributed by atoms with E-state index in [2.05, 4.69) is 4.74 Å². The number of rotatable bonds is 7. The second-order valence-electron chi connectivity index (χ2n) is 2.95. The monoisotopic (exact) mass is 208 g/mol. The third-order valence-electron chi connectivity index (χ3n) is 1.84. The number of carbonyl (C=O) groups excluding carboxylic acids is 1. The van der Waals surface area contributed by atoms with Gasteiger partial charge in [0.1, 0.15) is 0 Å². The minimum Gasteiger partial charge on any atom is -0.469 e. The summed E-state index contributed by atoms with van der Waals surface area (Å²) in [5.74, 6) is 0.296. The second kappa shape index (κ2) is 8.32. The predicted molar refractivity (Wildman–Crippen MR) is 51.8 cm³/mol. The summed E-state index contributed by atoms with van der Waals surface area (Å²) in [6, 6.07) is 0. The van der Waals surface area contributed by atoms with Gasteiger partial charge in [-0.05, 0) is 19.3 Å². The Labute approximate surface area is 84.0 Å². The highest BCUT2D eigenvalue weighted by molar-refractivity contribution is 6.17. The molecule has 0 bridgehead atoms. The number of aliphatic hydroxyl groups is 1. The van der Waals surface area contributed by atoms with Crippen LogP contribution in [0.25, 0.3) is 0 Å². The topological polar surface area (TPSA) is 46.5 Å². The van der Waals surface area contributed by atoms with Gasteiger partial charge in [0.2, 0.25) is 0 Å². The van der Waals surface area contributed by atoms with Crippen molar-refractivity contribution in [3.63, 3.8) is 0 Å². The van der Waals surface area contributed by atoms with Crippen LogP contribution in [0.3, 0.4) is 0 Å². The lowest BCUT2D eigenvalue weighted by Gasteiger charge is -2.07. The highest BCUT2D eigenvalue weighted by atomic mass is 35.5. The van der Waals surface area contributed by atoms with E-state index in [1.54, 1.807) is 0 Å². The van der Waals surface area contributed by atoms with Crippen molar-refractivity contribution >= 4 is 17.6 Å². The minimum atomic E-state index is -0.324. The summed E-state index contributed by atoms with van der Waals surface area (Å²) in [6.45, 7) is 0. The zero-order valence-electron chi connectivity index (χ0n) is 7.96. The fourth-order valence-corrected chi connectivity index (χ4v) is 1.27. The highest BCUT2D eigenvalue weighted by Gasteiger charge is 2.04. The van der Waals surface area contributed by atoms with E-state index in [1.165, 1.54) is 7.11 Å². The molecule has 1 N–H and O–H groups in total. The van der Waals surface area contributed by atoms with Crippen LogP contribution in [0.4, 0.5) is 0 Å². The molecule has 1 atom stereocenters. The first-order valence-electron chi connectivity index (χ1n) is 4.51. The van der Waals surface area contributed by atoms with Gasteiger partial charge in [-0.3, -0.25) is 4.79 Å². The van der Waals surface area contributed by atoms with Gasteiger partial charge in [-0.15, -0.1) is 11.6 Å². The van der Waals surface area contributed by atoms with E-state index < -0.39 is 0 Å². The molecule has 0 unspecified atom stereocenters. The molecule has 3 nitrogen and oxygen atoms in total. The van der Waals surface area contributed by atoms with Crippen molar-refractivity contribution in [1.29, 1.82) is 0 Å². The van der Waals surface area contributed by atoms with E-state index in [1.807, 2.05) is 0 Å². The summed E-state index contributed by atoms with van der Waals surface area (Å²) in [7, 11) is 1.38. The zero-order chi connectivity index (χ0) is 10.1. The third-order valence-corrected chi connectivity index (χ3v) is 2.06. The van der Waals surface area contributed by atoms with Crippen molar-refractivity contribution < 1.29 is 14.6 Å². The number of methoxy groups -OCH3 is 1. The Bertz CT molecular complexity index is 139. The molecule has 0 aromatic heterocycles. The molecular weight excluding hydrogens is 192 g/mol. The Kier molecular flexibility index (Phi) is 8.14. The van der Waals surface area contributed by atoms with E-state index in [0.717, 1.165) is 12.8 Å². The van der Waals surface area contributed by atoms with Crippen molar-refractivity contribution in [1.82, 2.24) is 0 Å². The molecule has 0 saturated carbocycles. The first-order chi connectivity index (χ1) is 6.20. The van der Waals surface area contributed by atoms with Crippen LogP contribution >= 0.6 is 11.6 Å². The standard InChI is InChI=1S/C9H17ClO3/c1-13-9(12)5-3-2-4-8(11)6-7-10/h8,11H,2-7H2,1H3/t8-/m0/s1. The van der Waals surface area contributed by atoms with Crippen LogP contribution in [0.15, 0.2) is 0 Å². The number of alkyl halides is 1. The number of aliphatic hydroxyl groups excluding tert-OH is 1. The average Bonchev–Trinajstić information content (AvgIpc) is 2.12. The lowest BCUT2D eigenvalue weighted by Crippen LogP contribution is -2.07. The quantitative estimate of drug-likeness (QED) is 0.394. The summed E-state index contributed by atoms with van der Waals surface area (Å²) in [4.78, 5) is 10.7. The number of hydrogen-bond acceptors (Lipinski definition) is 3. The number of unbranched alkanes of at least 4 members (excludes halogenated alkanes) is 1. The van der Waals surface area contributed by atoms with Gasteiger partial charge in [-0.2, -0.15) is 0 Å². The van der Waals surface area contributed by atoms with Crippen LogP contribution in [0.5, 0.6) is 0 Å². The van der Waals surface area contributed by atoms with Gasteiger partial charge in [-0.25, -0.2) is 0 Å². The van der Waals surface area contributed by atoms with Crippen molar-refractivity contribution in [3.8, 4) is 0 Å². The molecule has 13 heavy (non-hydrogen) atoms. The van der Waals surface area contributed by atoms with E-state index >= 15 is 0 Å². The molecule has 0 aliphatic heterocycles. The SMILES string of the molecule is COC(=O)CCCC[C@H](O)CCCl. The Balaban J connectivity index is 3.20. The molecule has 0 amide bonds. The second-order valence-corrected chi connectivity index (χ2v) is 3.33. The van der Waals surface area contributed by atoms with E-state index in [9.17, 15) is 9.90 Å². The van der Waals surface area contributed by atoms with Gasteiger partial charge in [0.05, 0.1) is 13.2 Å². The number of ether oxygens (including phenoxy) is 1. The van der Waals surface area contributed by atoms with Crippen molar-refractivity contribution in [2.45, 2.75) is 38.2 Å². The first kappa shape index (κ1) is 12.7. The van der Waals surface area contributed by atoms with Crippen LogP contribution in [0, 0.1) is 0 Å². The van der Waals surface area contributed by atoms with Gasteiger partial charge in [0.15, 0.2) is 0 Å². The van der Waals surface area contributed by atoms with Crippen molar-refractivity contribution in [2.24, 2.45) is 0 Å².